The lowest BCUT2D eigenvalue weighted by molar-refractivity contribution is 0.0694. The van der Waals surface area contributed by atoms with Gasteiger partial charge in [-0.3, -0.25) is 0 Å². The van der Waals surface area contributed by atoms with Crippen LogP contribution in [0.15, 0.2) is 51.6 Å². The number of aromatic hydroxyl groups is 1. The molecule has 0 atom stereocenters. The monoisotopic (exact) mass is 339 g/mol. The third kappa shape index (κ3) is 3.83. The van der Waals surface area contributed by atoms with E-state index in [9.17, 15) is 9.90 Å². The maximum absolute atomic E-state index is 11.9. The van der Waals surface area contributed by atoms with Gasteiger partial charge in [-0.1, -0.05) is 5.11 Å². The number of ether oxygens (including phenoxy) is 1. The Morgan fingerprint density at radius 3 is 2.64 bits per heavy atom. The predicted molar refractivity (Wildman–Crippen MR) is 85.3 cm³/mol. The van der Waals surface area contributed by atoms with Gasteiger partial charge in [-0.15, -0.1) is 5.11 Å². The lowest BCUT2D eigenvalue weighted by Crippen LogP contribution is -2.08. The van der Waals surface area contributed by atoms with E-state index in [1.54, 1.807) is 26.0 Å². The molecule has 2 heterocycles. The van der Waals surface area contributed by atoms with E-state index in [0.717, 1.165) is 0 Å². The summed E-state index contributed by atoms with van der Waals surface area (Å²) in [6.45, 7) is 3.52. The first kappa shape index (κ1) is 16.2. The number of benzene rings is 1. The largest absolute Gasteiger partial charge is 0.507 e. The van der Waals surface area contributed by atoms with Gasteiger partial charge in [0.05, 0.1) is 11.9 Å². The van der Waals surface area contributed by atoms with Gasteiger partial charge in [-0.25, -0.2) is 14.8 Å². The second-order valence-corrected chi connectivity index (χ2v) is 5.07. The van der Waals surface area contributed by atoms with Crippen molar-refractivity contribution >= 4 is 17.7 Å². The second kappa shape index (κ2) is 6.87. The lowest BCUT2D eigenvalue weighted by atomic mass is 10.1. The highest BCUT2D eigenvalue weighted by molar-refractivity contribution is 5.87. The van der Waals surface area contributed by atoms with Gasteiger partial charge in [0.1, 0.15) is 12.1 Å². The Morgan fingerprint density at radius 2 is 1.96 bits per heavy atom. The first-order valence-electron chi connectivity index (χ1n) is 7.19. The minimum Gasteiger partial charge on any atom is -0.507 e. The highest BCUT2D eigenvalue weighted by Gasteiger charge is 2.15. The second-order valence-electron chi connectivity index (χ2n) is 5.07. The molecule has 1 N–H and O–H groups in total. The SMILES string of the molecule is Cc1cc(/N=N/c2ncc(C(=O)Oc3ccncn3)o2)cc(C)c1O. The van der Waals surface area contributed by atoms with Crippen LogP contribution in [0.5, 0.6) is 11.6 Å². The molecule has 0 fully saturated rings. The van der Waals surface area contributed by atoms with E-state index in [-0.39, 0.29) is 23.4 Å². The van der Waals surface area contributed by atoms with Gasteiger partial charge >= 0.3 is 12.0 Å². The van der Waals surface area contributed by atoms with Crippen LogP contribution in [-0.2, 0) is 0 Å². The number of azo groups is 1. The quantitative estimate of drug-likeness (QED) is 0.570. The lowest BCUT2D eigenvalue weighted by Gasteiger charge is -2.03. The van der Waals surface area contributed by atoms with Gasteiger partial charge in [-0.05, 0) is 37.1 Å². The van der Waals surface area contributed by atoms with Crippen molar-refractivity contribution in [3.05, 3.63) is 53.8 Å². The molecule has 0 aliphatic heterocycles. The molecule has 2 aromatic heterocycles. The summed E-state index contributed by atoms with van der Waals surface area (Å²) in [4.78, 5) is 23.2. The smallest absolute Gasteiger partial charge is 0.382 e. The van der Waals surface area contributed by atoms with E-state index in [0.29, 0.717) is 16.8 Å². The van der Waals surface area contributed by atoms with E-state index >= 15 is 0 Å². The molecule has 0 amide bonds. The van der Waals surface area contributed by atoms with Crippen LogP contribution in [-0.4, -0.2) is 26.0 Å². The molecule has 0 unspecified atom stereocenters. The number of oxazole rings is 1. The Balaban J connectivity index is 1.72. The van der Waals surface area contributed by atoms with E-state index in [1.165, 1.54) is 24.8 Å². The van der Waals surface area contributed by atoms with E-state index in [4.69, 9.17) is 9.15 Å². The number of rotatable bonds is 4. The molecule has 1 aromatic carbocycles. The highest BCUT2D eigenvalue weighted by atomic mass is 16.6. The predicted octanol–water partition coefficient (Wildman–Crippen LogP) is 3.42. The fourth-order valence-electron chi connectivity index (χ4n) is 1.98. The molecule has 0 aliphatic carbocycles. The fraction of sp³-hybridized carbons (Fsp3) is 0.125. The Hall–Kier alpha value is -3.62. The average molecular weight is 339 g/mol. The first-order valence-corrected chi connectivity index (χ1v) is 7.19. The Morgan fingerprint density at radius 1 is 1.20 bits per heavy atom. The topological polar surface area (TPSA) is 123 Å². The molecule has 0 radical (unpaired) electrons. The summed E-state index contributed by atoms with van der Waals surface area (Å²) in [6.07, 6.45) is 3.88. The number of aryl methyl sites for hydroxylation is 2. The summed E-state index contributed by atoms with van der Waals surface area (Å²) >= 11 is 0. The molecule has 126 valence electrons. The number of phenolic OH excluding ortho intramolecular Hbond substituents is 1. The number of carbonyl (C=O) groups is 1. The van der Waals surface area contributed by atoms with Gasteiger partial charge in [0, 0.05) is 12.3 Å². The third-order valence-corrected chi connectivity index (χ3v) is 3.17. The van der Waals surface area contributed by atoms with E-state index in [2.05, 4.69) is 25.2 Å². The summed E-state index contributed by atoms with van der Waals surface area (Å²) in [6, 6.07) is 4.67. The summed E-state index contributed by atoms with van der Waals surface area (Å²) in [5.41, 5.74) is 1.88. The van der Waals surface area contributed by atoms with Crippen LogP contribution in [0.1, 0.15) is 21.7 Å². The van der Waals surface area contributed by atoms with Gasteiger partial charge in [0.15, 0.2) is 0 Å². The molecule has 0 saturated carbocycles. The summed E-state index contributed by atoms with van der Waals surface area (Å²) < 4.78 is 10.2. The van der Waals surface area contributed by atoms with Crippen molar-refractivity contribution in [3.63, 3.8) is 0 Å². The molecule has 25 heavy (non-hydrogen) atoms. The zero-order valence-electron chi connectivity index (χ0n) is 13.4. The van der Waals surface area contributed by atoms with Crippen LogP contribution in [0.3, 0.4) is 0 Å². The average Bonchev–Trinajstić information content (AvgIpc) is 3.08. The molecule has 0 saturated heterocycles. The molecular weight excluding hydrogens is 326 g/mol. The first-order chi connectivity index (χ1) is 12.0. The summed E-state index contributed by atoms with van der Waals surface area (Å²) in [5, 5.41) is 17.5. The minimum absolute atomic E-state index is 0.0922. The van der Waals surface area contributed by atoms with Crippen LogP contribution >= 0.6 is 0 Å². The van der Waals surface area contributed by atoms with Crippen LogP contribution in [0.4, 0.5) is 11.7 Å². The van der Waals surface area contributed by atoms with Crippen molar-refractivity contribution in [2.24, 2.45) is 10.2 Å². The number of carbonyl (C=O) groups excluding carboxylic acids is 1. The molecule has 3 rings (SSSR count). The Labute approximate surface area is 142 Å². The van der Waals surface area contributed by atoms with Gasteiger partial charge < -0.3 is 14.3 Å². The van der Waals surface area contributed by atoms with Crippen LogP contribution in [0.25, 0.3) is 0 Å². The molecule has 0 aliphatic rings. The van der Waals surface area contributed by atoms with Crippen LogP contribution in [0.2, 0.25) is 0 Å². The van der Waals surface area contributed by atoms with Crippen LogP contribution < -0.4 is 4.74 Å². The van der Waals surface area contributed by atoms with Gasteiger partial charge in [0.2, 0.25) is 11.6 Å². The molecule has 9 nitrogen and oxygen atoms in total. The molecule has 3 aromatic rings. The van der Waals surface area contributed by atoms with Gasteiger partial charge in [-0.2, -0.15) is 4.98 Å². The van der Waals surface area contributed by atoms with Crippen LogP contribution in [0, 0.1) is 13.8 Å². The number of phenols is 1. The molecular formula is C16H13N5O4. The van der Waals surface area contributed by atoms with Crippen molar-refractivity contribution in [1.82, 2.24) is 15.0 Å². The number of aromatic nitrogens is 3. The Kier molecular flexibility index (Phi) is 4.46. The maximum Gasteiger partial charge on any atom is 0.382 e. The molecule has 0 spiro atoms. The van der Waals surface area contributed by atoms with Crippen molar-refractivity contribution in [2.75, 3.05) is 0 Å². The number of hydrogen-bond donors (Lipinski definition) is 1. The van der Waals surface area contributed by atoms with Gasteiger partial charge in [0.25, 0.3) is 0 Å². The Bertz CT molecular complexity index is 914. The zero-order valence-corrected chi connectivity index (χ0v) is 13.4. The highest BCUT2D eigenvalue weighted by Crippen LogP contribution is 2.28. The summed E-state index contributed by atoms with van der Waals surface area (Å²) in [7, 11) is 0. The van der Waals surface area contributed by atoms with Crippen molar-refractivity contribution < 1.29 is 19.1 Å². The zero-order chi connectivity index (χ0) is 17.8. The molecule has 9 heteroatoms. The summed E-state index contributed by atoms with van der Waals surface area (Å²) in [5.74, 6) is -0.589. The van der Waals surface area contributed by atoms with Crippen molar-refractivity contribution in [2.45, 2.75) is 13.8 Å². The van der Waals surface area contributed by atoms with Crippen molar-refractivity contribution in [1.29, 1.82) is 0 Å². The number of hydrogen-bond acceptors (Lipinski definition) is 9. The minimum atomic E-state index is -0.760. The van der Waals surface area contributed by atoms with E-state index < -0.39 is 5.97 Å². The number of esters is 1. The third-order valence-electron chi connectivity index (χ3n) is 3.17. The van der Waals surface area contributed by atoms with E-state index in [1.807, 2.05) is 0 Å². The molecule has 0 bridgehead atoms. The fourth-order valence-corrected chi connectivity index (χ4v) is 1.98. The normalized spacial score (nSPS) is 11.0. The standard InChI is InChI=1S/C16H13N5O4/c1-9-5-11(6-10(2)14(9)22)20-21-16-18-7-12(24-16)15(23)25-13-3-4-17-8-19-13/h3-8,22H,1-2H3/b21-20+. The number of nitrogens with zero attached hydrogens (tertiary/aromatic N) is 5. The van der Waals surface area contributed by atoms with Crippen molar-refractivity contribution in [3.8, 4) is 11.6 Å². The maximum atomic E-state index is 11.9.